The Hall–Kier alpha value is -2.24. The molecule has 0 atom stereocenters. The highest BCUT2D eigenvalue weighted by Crippen LogP contribution is 2.01. The van der Waals surface area contributed by atoms with Crippen molar-refractivity contribution in [2.24, 2.45) is 0 Å². The summed E-state index contributed by atoms with van der Waals surface area (Å²) in [6.45, 7) is 0.658. The van der Waals surface area contributed by atoms with E-state index >= 15 is 0 Å². The highest BCUT2D eigenvalue weighted by Gasteiger charge is 2.05. The summed E-state index contributed by atoms with van der Waals surface area (Å²) in [7, 11) is 0. The van der Waals surface area contributed by atoms with Gasteiger partial charge in [0.2, 0.25) is 5.91 Å². The maximum atomic E-state index is 11.5. The summed E-state index contributed by atoms with van der Waals surface area (Å²) in [5.74, 6) is 0.333. The van der Waals surface area contributed by atoms with E-state index in [0.717, 1.165) is 12.8 Å². The van der Waals surface area contributed by atoms with E-state index < -0.39 is 0 Å². The number of nitrogens with zero attached hydrogens (tertiary/aromatic N) is 3. The third-order valence-corrected chi connectivity index (χ3v) is 2.52. The van der Waals surface area contributed by atoms with Crippen molar-refractivity contribution in [3.63, 3.8) is 0 Å². The van der Waals surface area contributed by atoms with Crippen LogP contribution in [-0.2, 0) is 17.6 Å². The number of hydrogen-bond acceptors (Lipinski definition) is 4. The number of H-pyrrole nitrogens is 1. The molecule has 18 heavy (non-hydrogen) atoms. The summed E-state index contributed by atoms with van der Waals surface area (Å²) in [5.41, 5.74) is 1.28. The van der Waals surface area contributed by atoms with Gasteiger partial charge >= 0.3 is 0 Å². The first-order valence-electron chi connectivity index (χ1n) is 5.87. The normalized spacial score (nSPS) is 10.2. The smallest absolute Gasteiger partial charge is 0.227 e. The van der Waals surface area contributed by atoms with Crippen molar-refractivity contribution in [3.8, 4) is 0 Å². The van der Waals surface area contributed by atoms with E-state index in [0.29, 0.717) is 12.4 Å². The van der Waals surface area contributed by atoms with Crippen LogP contribution in [0.5, 0.6) is 0 Å². The second kappa shape index (κ2) is 6.48. The SMILES string of the molecule is O=C(Cc1nn[nH]n1)NCCCc1ccccc1. The van der Waals surface area contributed by atoms with Crippen LogP contribution in [0.4, 0.5) is 0 Å². The van der Waals surface area contributed by atoms with Crippen molar-refractivity contribution in [2.75, 3.05) is 6.54 Å². The molecule has 6 heteroatoms. The average Bonchev–Trinajstić information content (AvgIpc) is 2.89. The third-order valence-electron chi connectivity index (χ3n) is 2.52. The molecule has 1 aromatic carbocycles. The summed E-state index contributed by atoms with van der Waals surface area (Å²) >= 11 is 0. The third kappa shape index (κ3) is 3.97. The zero-order chi connectivity index (χ0) is 12.6. The lowest BCUT2D eigenvalue weighted by atomic mass is 10.1. The van der Waals surface area contributed by atoms with Crippen LogP contribution in [0.15, 0.2) is 30.3 Å². The fourth-order valence-corrected chi connectivity index (χ4v) is 1.63. The molecule has 2 rings (SSSR count). The molecule has 0 saturated carbocycles. The van der Waals surface area contributed by atoms with Gasteiger partial charge in [-0.2, -0.15) is 5.21 Å². The fourth-order valence-electron chi connectivity index (χ4n) is 1.63. The van der Waals surface area contributed by atoms with Crippen molar-refractivity contribution >= 4 is 5.91 Å². The Morgan fingerprint density at radius 2 is 2.11 bits per heavy atom. The number of hydrogen-bond donors (Lipinski definition) is 2. The van der Waals surface area contributed by atoms with E-state index in [1.165, 1.54) is 5.56 Å². The number of nitrogens with one attached hydrogen (secondary N) is 2. The van der Waals surface area contributed by atoms with E-state index in [1.807, 2.05) is 18.2 Å². The van der Waals surface area contributed by atoms with E-state index in [9.17, 15) is 4.79 Å². The van der Waals surface area contributed by atoms with Gasteiger partial charge in [-0.25, -0.2) is 0 Å². The van der Waals surface area contributed by atoms with Gasteiger partial charge in [-0.15, -0.1) is 10.2 Å². The minimum Gasteiger partial charge on any atom is -0.356 e. The van der Waals surface area contributed by atoms with Gasteiger partial charge in [0.25, 0.3) is 0 Å². The number of carbonyl (C=O) groups excluding carboxylic acids is 1. The molecule has 0 spiro atoms. The van der Waals surface area contributed by atoms with Gasteiger partial charge in [-0.3, -0.25) is 4.79 Å². The van der Waals surface area contributed by atoms with Gasteiger partial charge in [-0.05, 0) is 18.4 Å². The predicted octanol–water partition coefficient (Wildman–Crippen LogP) is 0.491. The molecular weight excluding hydrogens is 230 g/mol. The quantitative estimate of drug-likeness (QED) is 0.725. The molecule has 0 radical (unpaired) electrons. The summed E-state index contributed by atoms with van der Waals surface area (Å²) in [6, 6.07) is 10.2. The summed E-state index contributed by atoms with van der Waals surface area (Å²) < 4.78 is 0. The number of aromatic nitrogens is 4. The van der Waals surface area contributed by atoms with Gasteiger partial charge in [0.15, 0.2) is 5.82 Å². The van der Waals surface area contributed by atoms with Crippen molar-refractivity contribution in [2.45, 2.75) is 19.3 Å². The second-order valence-electron chi connectivity index (χ2n) is 3.94. The van der Waals surface area contributed by atoms with E-state index in [2.05, 4.69) is 38.1 Å². The summed E-state index contributed by atoms with van der Waals surface area (Å²) in [6.07, 6.45) is 2.05. The molecule has 0 fully saturated rings. The summed E-state index contributed by atoms with van der Waals surface area (Å²) in [4.78, 5) is 11.5. The molecule has 94 valence electrons. The number of tetrazole rings is 1. The number of rotatable bonds is 6. The molecule has 0 saturated heterocycles. The van der Waals surface area contributed by atoms with Crippen molar-refractivity contribution in [3.05, 3.63) is 41.7 Å². The highest BCUT2D eigenvalue weighted by molar-refractivity contribution is 5.77. The molecule has 2 N–H and O–H groups in total. The number of benzene rings is 1. The Morgan fingerprint density at radius 3 is 2.83 bits per heavy atom. The largest absolute Gasteiger partial charge is 0.356 e. The topological polar surface area (TPSA) is 83.6 Å². The van der Waals surface area contributed by atoms with Crippen LogP contribution in [0.25, 0.3) is 0 Å². The molecular formula is C12H15N5O. The Bertz CT molecular complexity index is 468. The lowest BCUT2D eigenvalue weighted by Crippen LogP contribution is -2.26. The van der Waals surface area contributed by atoms with Crippen LogP contribution in [0, 0.1) is 0 Å². The number of carbonyl (C=O) groups is 1. The monoisotopic (exact) mass is 245 g/mol. The van der Waals surface area contributed by atoms with Crippen molar-refractivity contribution in [1.82, 2.24) is 25.9 Å². The van der Waals surface area contributed by atoms with Gasteiger partial charge in [0, 0.05) is 6.54 Å². The molecule has 0 aliphatic heterocycles. The number of amides is 1. The first kappa shape index (κ1) is 12.2. The lowest BCUT2D eigenvalue weighted by Gasteiger charge is -2.03. The second-order valence-corrected chi connectivity index (χ2v) is 3.94. The molecule has 1 amide bonds. The van der Waals surface area contributed by atoms with Gasteiger partial charge in [0.1, 0.15) is 0 Å². The maximum absolute atomic E-state index is 11.5. The molecule has 0 bridgehead atoms. The molecule has 1 heterocycles. The molecule has 2 aromatic rings. The lowest BCUT2D eigenvalue weighted by molar-refractivity contribution is -0.120. The molecule has 1 aromatic heterocycles. The first-order chi connectivity index (χ1) is 8.84. The average molecular weight is 245 g/mol. The van der Waals surface area contributed by atoms with Crippen LogP contribution in [0.2, 0.25) is 0 Å². The Kier molecular flexibility index (Phi) is 4.40. The fraction of sp³-hybridized carbons (Fsp3) is 0.333. The zero-order valence-electron chi connectivity index (χ0n) is 9.97. The maximum Gasteiger partial charge on any atom is 0.227 e. The zero-order valence-corrected chi connectivity index (χ0v) is 9.97. The van der Waals surface area contributed by atoms with E-state index in [1.54, 1.807) is 0 Å². The van der Waals surface area contributed by atoms with Crippen LogP contribution < -0.4 is 5.32 Å². The predicted molar refractivity (Wildman–Crippen MR) is 65.7 cm³/mol. The minimum absolute atomic E-state index is 0.0792. The van der Waals surface area contributed by atoms with E-state index in [-0.39, 0.29) is 12.3 Å². The Morgan fingerprint density at radius 1 is 1.28 bits per heavy atom. The molecule has 0 unspecified atom stereocenters. The van der Waals surface area contributed by atoms with Crippen LogP contribution >= 0.6 is 0 Å². The van der Waals surface area contributed by atoms with Crippen LogP contribution in [0.1, 0.15) is 17.8 Å². The van der Waals surface area contributed by atoms with Gasteiger partial charge < -0.3 is 5.32 Å². The molecule has 0 aliphatic rings. The van der Waals surface area contributed by atoms with Crippen molar-refractivity contribution in [1.29, 1.82) is 0 Å². The Balaban J connectivity index is 1.62. The van der Waals surface area contributed by atoms with Crippen LogP contribution in [0.3, 0.4) is 0 Å². The number of aryl methyl sites for hydroxylation is 1. The summed E-state index contributed by atoms with van der Waals surface area (Å²) in [5, 5.41) is 16.0. The highest BCUT2D eigenvalue weighted by atomic mass is 16.1. The van der Waals surface area contributed by atoms with E-state index in [4.69, 9.17) is 0 Å². The number of aromatic amines is 1. The first-order valence-corrected chi connectivity index (χ1v) is 5.87. The minimum atomic E-state index is -0.0792. The van der Waals surface area contributed by atoms with Gasteiger partial charge in [-0.1, -0.05) is 35.5 Å². The molecule has 0 aliphatic carbocycles. The van der Waals surface area contributed by atoms with Crippen molar-refractivity contribution < 1.29 is 4.79 Å². The standard InChI is InChI=1S/C12H15N5O/c18-12(9-11-14-16-17-15-11)13-8-4-7-10-5-2-1-3-6-10/h1-3,5-6H,4,7-9H2,(H,13,18)(H,14,15,16,17). The van der Waals surface area contributed by atoms with Gasteiger partial charge in [0.05, 0.1) is 6.42 Å². The molecule has 6 nitrogen and oxygen atoms in total. The Labute approximate surface area is 105 Å². The van der Waals surface area contributed by atoms with Crippen LogP contribution in [-0.4, -0.2) is 33.1 Å².